The summed E-state index contributed by atoms with van der Waals surface area (Å²) in [7, 11) is 0. The van der Waals surface area contributed by atoms with E-state index < -0.39 is 0 Å². The number of ether oxygens (including phenoxy) is 1. The predicted molar refractivity (Wildman–Crippen MR) is 48.4 cm³/mol. The number of aliphatic hydroxyl groups excluding tert-OH is 1. The second-order valence-corrected chi connectivity index (χ2v) is 4.65. The maximum atomic E-state index is 9.02. The third-order valence-electron chi connectivity index (χ3n) is 4.03. The summed E-state index contributed by atoms with van der Waals surface area (Å²) in [4.78, 5) is 2.56. The van der Waals surface area contributed by atoms with Gasteiger partial charge in [0.15, 0.2) is 0 Å². The third kappa shape index (κ3) is 1.22. The Balaban J connectivity index is 1.55. The lowest BCUT2D eigenvalue weighted by atomic mass is 10.2. The Hall–Kier alpha value is -0.120. The number of rotatable bonds is 2. The van der Waals surface area contributed by atoms with Crippen molar-refractivity contribution >= 4 is 0 Å². The monoisotopic (exact) mass is 183 g/mol. The average Bonchev–Trinajstić information content (AvgIpc) is 2.68. The molecule has 74 valence electrons. The second kappa shape index (κ2) is 2.94. The lowest BCUT2D eigenvalue weighted by Gasteiger charge is -2.24. The van der Waals surface area contributed by atoms with E-state index in [0.29, 0.717) is 18.6 Å². The summed E-state index contributed by atoms with van der Waals surface area (Å²) >= 11 is 0. The highest BCUT2D eigenvalue weighted by Gasteiger charge is 2.56. The molecule has 1 saturated carbocycles. The summed E-state index contributed by atoms with van der Waals surface area (Å²) in [6.45, 7) is 4.71. The van der Waals surface area contributed by atoms with Crippen molar-refractivity contribution in [3.05, 3.63) is 0 Å². The first-order chi connectivity index (χ1) is 6.40. The molecular formula is C10H17NO2. The van der Waals surface area contributed by atoms with Crippen molar-refractivity contribution in [2.45, 2.75) is 12.5 Å². The Kier molecular flexibility index (Phi) is 1.86. The van der Waals surface area contributed by atoms with Gasteiger partial charge < -0.3 is 9.84 Å². The van der Waals surface area contributed by atoms with Gasteiger partial charge in [0, 0.05) is 32.3 Å². The Morgan fingerprint density at radius 2 is 2.08 bits per heavy atom. The molecule has 4 atom stereocenters. The summed E-state index contributed by atoms with van der Waals surface area (Å²) in [6.07, 6.45) is 1.21. The van der Waals surface area contributed by atoms with Crippen molar-refractivity contribution in [3.8, 4) is 0 Å². The fourth-order valence-corrected chi connectivity index (χ4v) is 3.06. The minimum Gasteiger partial charge on any atom is -0.396 e. The number of likely N-dealkylation sites (tertiary alicyclic amines) is 1. The van der Waals surface area contributed by atoms with E-state index in [4.69, 9.17) is 9.84 Å². The molecule has 3 fully saturated rings. The molecule has 0 aromatic rings. The maximum Gasteiger partial charge on any atom is 0.0622 e. The molecule has 0 radical (unpaired) electrons. The van der Waals surface area contributed by atoms with Gasteiger partial charge in [0.25, 0.3) is 0 Å². The largest absolute Gasteiger partial charge is 0.396 e. The Labute approximate surface area is 78.7 Å². The summed E-state index contributed by atoms with van der Waals surface area (Å²) in [6, 6.07) is 0.687. The minimum absolute atomic E-state index is 0.407. The van der Waals surface area contributed by atoms with E-state index in [-0.39, 0.29) is 0 Å². The molecule has 3 aliphatic rings. The van der Waals surface area contributed by atoms with Crippen LogP contribution in [-0.2, 0) is 4.74 Å². The van der Waals surface area contributed by atoms with Gasteiger partial charge in [-0.2, -0.15) is 0 Å². The van der Waals surface area contributed by atoms with Gasteiger partial charge in [-0.15, -0.1) is 0 Å². The molecule has 3 nitrogen and oxygen atoms in total. The van der Waals surface area contributed by atoms with Gasteiger partial charge in [-0.1, -0.05) is 0 Å². The van der Waals surface area contributed by atoms with E-state index in [1.54, 1.807) is 0 Å². The van der Waals surface area contributed by atoms with Gasteiger partial charge in [0.2, 0.25) is 0 Å². The van der Waals surface area contributed by atoms with Gasteiger partial charge in [0.1, 0.15) is 0 Å². The normalized spacial score (nSPS) is 49.6. The fraction of sp³-hybridized carbons (Fsp3) is 1.00. The van der Waals surface area contributed by atoms with E-state index in [0.717, 1.165) is 25.0 Å². The average molecular weight is 183 g/mol. The summed E-state index contributed by atoms with van der Waals surface area (Å²) in [5, 5.41) is 9.02. The summed E-state index contributed by atoms with van der Waals surface area (Å²) in [5.41, 5.74) is 0. The van der Waals surface area contributed by atoms with Crippen LogP contribution in [0, 0.1) is 17.8 Å². The maximum absolute atomic E-state index is 9.02. The first kappa shape index (κ1) is 8.21. The third-order valence-corrected chi connectivity index (χ3v) is 4.03. The molecule has 0 aromatic carbocycles. The van der Waals surface area contributed by atoms with Crippen molar-refractivity contribution in [2.24, 2.45) is 17.8 Å². The second-order valence-electron chi connectivity index (χ2n) is 4.65. The molecule has 3 heteroatoms. The van der Waals surface area contributed by atoms with Crippen LogP contribution in [0.1, 0.15) is 6.42 Å². The molecule has 0 spiro atoms. The highest BCUT2D eigenvalue weighted by Crippen LogP contribution is 2.51. The number of hydrogen-bond acceptors (Lipinski definition) is 3. The molecular weight excluding hydrogens is 166 g/mol. The summed E-state index contributed by atoms with van der Waals surface area (Å²) in [5.74, 6) is 2.26. The number of fused-ring (bicyclic) bond motifs is 1. The molecule has 2 aliphatic heterocycles. The van der Waals surface area contributed by atoms with Crippen LogP contribution < -0.4 is 0 Å². The van der Waals surface area contributed by atoms with Gasteiger partial charge in [-0.25, -0.2) is 0 Å². The molecule has 13 heavy (non-hydrogen) atoms. The van der Waals surface area contributed by atoms with Crippen molar-refractivity contribution in [2.75, 3.05) is 32.9 Å². The zero-order valence-electron chi connectivity index (χ0n) is 7.85. The topological polar surface area (TPSA) is 32.7 Å². The van der Waals surface area contributed by atoms with Crippen LogP contribution in [-0.4, -0.2) is 49.0 Å². The Morgan fingerprint density at radius 1 is 1.31 bits per heavy atom. The standard InChI is InChI=1S/C10H17NO2/c12-5-10-8-3-11(4-9(8)10)7-1-2-13-6-7/h7-10,12H,1-6H2/t7?,8-,9+,10?. The minimum atomic E-state index is 0.407. The van der Waals surface area contributed by atoms with Gasteiger partial charge >= 0.3 is 0 Å². The van der Waals surface area contributed by atoms with Crippen LogP contribution in [0.5, 0.6) is 0 Å². The predicted octanol–water partition coefficient (Wildman–Crippen LogP) is -0.0546. The van der Waals surface area contributed by atoms with E-state index >= 15 is 0 Å². The van der Waals surface area contributed by atoms with Gasteiger partial charge in [-0.05, 0) is 24.2 Å². The van der Waals surface area contributed by atoms with Crippen LogP contribution >= 0.6 is 0 Å². The SMILES string of the molecule is OCC1[C@H]2CN(C3CCOC3)C[C@@H]12. The van der Waals surface area contributed by atoms with Crippen LogP contribution in [0.25, 0.3) is 0 Å². The molecule has 1 aliphatic carbocycles. The van der Waals surface area contributed by atoms with Crippen LogP contribution in [0.4, 0.5) is 0 Å². The molecule has 0 aromatic heterocycles. The number of hydrogen-bond donors (Lipinski definition) is 1. The lowest BCUT2D eigenvalue weighted by Crippen LogP contribution is -2.36. The van der Waals surface area contributed by atoms with Crippen LogP contribution in [0.3, 0.4) is 0 Å². The smallest absolute Gasteiger partial charge is 0.0622 e. The number of nitrogens with zero attached hydrogens (tertiary/aromatic N) is 1. The molecule has 2 heterocycles. The molecule has 0 amide bonds. The van der Waals surface area contributed by atoms with Crippen LogP contribution in [0.2, 0.25) is 0 Å². The number of aliphatic hydroxyl groups is 1. The Morgan fingerprint density at radius 3 is 2.62 bits per heavy atom. The molecule has 2 saturated heterocycles. The van der Waals surface area contributed by atoms with Gasteiger partial charge in [0.05, 0.1) is 6.61 Å². The van der Waals surface area contributed by atoms with Crippen molar-refractivity contribution < 1.29 is 9.84 Å². The highest BCUT2D eigenvalue weighted by atomic mass is 16.5. The first-order valence-corrected chi connectivity index (χ1v) is 5.33. The zero-order chi connectivity index (χ0) is 8.84. The van der Waals surface area contributed by atoms with E-state index in [2.05, 4.69) is 4.90 Å². The van der Waals surface area contributed by atoms with Crippen molar-refractivity contribution in [3.63, 3.8) is 0 Å². The molecule has 0 bridgehead atoms. The summed E-state index contributed by atoms with van der Waals surface area (Å²) < 4.78 is 5.38. The number of piperidine rings is 1. The first-order valence-electron chi connectivity index (χ1n) is 5.33. The van der Waals surface area contributed by atoms with E-state index in [1.165, 1.54) is 19.5 Å². The van der Waals surface area contributed by atoms with E-state index in [1.807, 2.05) is 0 Å². The molecule has 3 rings (SSSR count). The molecule has 1 N–H and O–H groups in total. The van der Waals surface area contributed by atoms with E-state index in [9.17, 15) is 0 Å². The highest BCUT2D eigenvalue weighted by molar-refractivity contribution is 5.06. The Bertz CT molecular complexity index is 191. The zero-order valence-corrected chi connectivity index (χ0v) is 7.85. The lowest BCUT2D eigenvalue weighted by molar-refractivity contribution is 0.142. The van der Waals surface area contributed by atoms with Crippen LogP contribution in [0.15, 0.2) is 0 Å². The fourth-order valence-electron chi connectivity index (χ4n) is 3.06. The quantitative estimate of drug-likeness (QED) is 0.651. The van der Waals surface area contributed by atoms with Crippen molar-refractivity contribution in [1.82, 2.24) is 4.90 Å². The van der Waals surface area contributed by atoms with Crippen molar-refractivity contribution in [1.29, 1.82) is 0 Å². The molecule has 2 unspecified atom stereocenters. The van der Waals surface area contributed by atoms with Gasteiger partial charge in [-0.3, -0.25) is 4.90 Å².